The monoisotopic (exact) mass is 364 g/mol. The summed E-state index contributed by atoms with van der Waals surface area (Å²) in [5.74, 6) is 2.30. The molecule has 0 spiro atoms. The Labute approximate surface area is 158 Å². The van der Waals surface area contributed by atoms with E-state index in [0.29, 0.717) is 12.5 Å². The molecule has 0 saturated carbocycles. The zero-order valence-electron chi connectivity index (χ0n) is 15.4. The molecule has 4 rings (SSSR count). The fourth-order valence-electron chi connectivity index (χ4n) is 3.23. The lowest BCUT2D eigenvalue weighted by Crippen LogP contribution is -2.19. The molecule has 1 unspecified atom stereocenters. The van der Waals surface area contributed by atoms with E-state index in [1.165, 1.54) is 0 Å². The van der Waals surface area contributed by atoms with Gasteiger partial charge >= 0.3 is 0 Å². The van der Waals surface area contributed by atoms with Crippen molar-refractivity contribution in [2.24, 2.45) is 0 Å². The summed E-state index contributed by atoms with van der Waals surface area (Å²) in [4.78, 5) is 9.34. The average molecular weight is 364 g/mol. The molecule has 0 bridgehead atoms. The van der Waals surface area contributed by atoms with Gasteiger partial charge in [-0.2, -0.15) is 4.98 Å². The van der Waals surface area contributed by atoms with Crippen molar-refractivity contribution in [1.29, 1.82) is 0 Å². The Morgan fingerprint density at radius 2 is 1.93 bits per heavy atom. The molecule has 27 heavy (non-hydrogen) atoms. The summed E-state index contributed by atoms with van der Waals surface area (Å²) < 4.78 is 10.9. The molecule has 1 fully saturated rings. The van der Waals surface area contributed by atoms with Gasteiger partial charge in [-0.1, -0.05) is 24.3 Å². The lowest BCUT2D eigenvalue weighted by atomic mass is 10.2. The molecule has 2 aromatic carbocycles. The number of anilines is 2. The number of nitrogens with zero attached hydrogens (tertiary/aromatic N) is 2. The third kappa shape index (κ3) is 4.28. The first kappa shape index (κ1) is 17.5. The first-order chi connectivity index (χ1) is 13.3. The third-order valence-corrected chi connectivity index (χ3v) is 4.73. The van der Waals surface area contributed by atoms with Gasteiger partial charge in [-0.15, -0.1) is 0 Å². The van der Waals surface area contributed by atoms with E-state index in [9.17, 15) is 0 Å². The zero-order valence-corrected chi connectivity index (χ0v) is 15.4. The van der Waals surface area contributed by atoms with Crippen LogP contribution in [-0.4, -0.2) is 36.3 Å². The molecule has 1 aliphatic rings. The molecule has 6 nitrogen and oxygen atoms in total. The maximum atomic E-state index is 5.71. The van der Waals surface area contributed by atoms with Crippen molar-refractivity contribution in [3.63, 3.8) is 0 Å². The van der Waals surface area contributed by atoms with Crippen LogP contribution in [0.25, 0.3) is 10.9 Å². The second kappa shape index (κ2) is 8.22. The van der Waals surface area contributed by atoms with Crippen LogP contribution in [0, 0.1) is 0 Å². The van der Waals surface area contributed by atoms with Gasteiger partial charge in [-0.05, 0) is 42.7 Å². The Kier molecular flexibility index (Phi) is 5.34. The van der Waals surface area contributed by atoms with Crippen molar-refractivity contribution >= 4 is 22.7 Å². The molecular formula is C21H24N4O2. The van der Waals surface area contributed by atoms with E-state index in [-0.39, 0.29) is 6.10 Å². The summed E-state index contributed by atoms with van der Waals surface area (Å²) in [7, 11) is 1.67. The molecular weight excluding hydrogens is 340 g/mol. The predicted molar refractivity (Wildman–Crippen MR) is 107 cm³/mol. The summed E-state index contributed by atoms with van der Waals surface area (Å²) in [5, 5.41) is 7.79. The van der Waals surface area contributed by atoms with E-state index in [1.54, 1.807) is 7.11 Å². The topological polar surface area (TPSA) is 68.3 Å². The molecule has 1 saturated heterocycles. The Balaban J connectivity index is 1.51. The highest BCUT2D eigenvalue weighted by Gasteiger charge is 2.16. The molecule has 1 atom stereocenters. The number of aromatic nitrogens is 2. The summed E-state index contributed by atoms with van der Waals surface area (Å²) >= 11 is 0. The predicted octanol–water partition coefficient (Wildman–Crippen LogP) is 3.84. The highest BCUT2D eigenvalue weighted by atomic mass is 16.5. The van der Waals surface area contributed by atoms with Crippen LogP contribution in [0.4, 0.5) is 11.8 Å². The van der Waals surface area contributed by atoms with Gasteiger partial charge in [0.2, 0.25) is 5.95 Å². The number of fused-ring (bicyclic) bond motifs is 1. The first-order valence-corrected chi connectivity index (χ1v) is 9.31. The largest absolute Gasteiger partial charge is 0.497 e. The first-order valence-electron chi connectivity index (χ1n) is 9.31. The molecule has 3 aromatic rings. The Bertz CT molecular complexity index is 892. The van der Waals surface area contributed by atoms with Crippen molar-refractivity contribution < 1.29 is 9.47 Å². The second-order valence-electron chi connectivity index (χ2n) is 6.63. The van der Waals surface area contributed by atoms with Crippen LogP contribution in [0.15, 0.2) is 48.5 Å². The molecule has 1 aliphatic heterocycles. The van der Waals surface area contributed by atoms with Crippen molar-refractivity contribution in [3.8, 4) is 5.75 Å². The van der Waals surface area contributed by atoms with Gasteiger partial charge < -0.3 is 20.1 Å². The van der Waals surface area contributed by atoms with Crippen molar-refractivity contribution in [1.82, 2.24) is 9.97 Å². The SMILES string of the molecule is COc1ccc(CNc2nc(NCC3CCCO3)c3ccccc3n2)cc1. The number of benzene rings is 2. The van der Waals surface area contributed by atoms with Crippen LogP contribution in [0.3, 0.4) is 0 Å². The van der Waals surface area contributed by atoms with Gasteiger partial charge in [0, 0.05) is 25.1 Å². The van der Waals surface area contributed by atoms with Crippen molar-refractivity contribution in [2.75, 3.05) is 30.9 Å². The number of hydrogen-bond donors (Lipinski definition) is 2. The standard InChI is InChI=1S/C21H24N4O2/c1-26-16-10-8-15(9-11-16)13-23-21-24-19-7-3-2-6-18(19)20(25-21)22-14-17-5-4-12-27-17/h2-3,6-11,17H,4-5,12-14H2,1H3,(H2,22,23,24,25). The lowest BCUT2D eigenvalue weighted by Gasteiger charge is -2.14. The molecule has 0 amide bonds. The molecule has 6 heteroatoms. The van der Waals surface area contributed by atoms with Crippen LogP contribution in [0.2, 0.25) is 0 Å². The number of para-hydroxylation sites is 1. The van der Waals surface area contributed by atoms with Gasteiger partial charge in [0.25, 0.3) is 0 Å². The fourth-order valence-corrected chi connectivity index (χ4v) is 3.23. The molecule has 0 radical (unpaired) electrons. The minimum atomic E-state index is 0.259. The van der Waals surface area contributed by atoms with Gasteiger partial charge in [0.05, 0.1) is 18.7 Å². The fraction of sp³-hybridized carbons (Fsp3) is 0.333. The Morgan fingerprint density at radius 3 is 2.70 bits per heavy atom. The maximum Gasteiger partial charge on any atom is 0.225 e. The lowest BCUT2D eigenvalue weighted by molar-refractivity contribution is 0.120. The van der Waals surface area contributed by atoms with Gasteiger partial charge in [0.1, 0.15) is 11.6 Å². The molecule has 1 aromatic heterocycles. The van der Waals surface area contributed by atoms with E-state index < -0.39 is 0 Å². The van der Waals surface area contributed by atoms with Gasteiger partial charge in [-0.3, -0.25) is 0 Å². The van der Waals surface area contributed by atoms with E-state index in [2.05, 4.69) is 15.6 Å². The van der Waals surface area contributed by atoms with Crippen LogP contribution in [0.5, 0.6) is 5.75 Å². The van der Waals surface area contributed by atoms with Crippen LogP contribution >= 0.6 is 0 Å². The number of methoxy groups -OCH3 is 1. The highest BCUT2D eigenvalue weighted by molar-refractivity contribution is 5.90. The summed E-state index contributed by atoms with van der Waals surface area (Å²) in [6.45, 7) is 2.26. The zero-order chi connectivity index (χ0) is 18.5. The minimum Gasteiger partial charge on any atom is -0.497 e. The van der Waals surface area contributed by atoms with Gasteiger partial charge in [0.15, 0.2) is 0 Å². The highest BCUT2D eigenvalue weighted by Crippen LogP contribution is 2.23. The van der Waals surface area contributed by atoms with E-state index >= 15 is 0 Å². The smallest absolute Gasteiger partial charge is 0.225 e. The number of rotatable bonds is 7. The average Bonchev–Trinajstić information content (AvgIpc) is 3.24. The molecule has 2 N–H and O–H groups in total. The van der Waals surface area contributed by atoms with Crippen LogP contribution in [0.1, 0.15) is 18.4 Å². The van der Waals surface area contributed by atoms with Crippen molar-refractivity contribution in [3.05, 3.63) is 54.1 Å². The minimum absolute atomic E-state index is 0.259. The quantitative estimate of drug-likeness (QED) is 0.664. The number of nitrogens with one attached hydrogen (secondary N) is 2. The van der Waals surface area contributed by atoms with Crippen LogP contribution < -0.4 is 15.4 Å². The Morgan fingerprint density at radius 1 is 1.07 bits per heavy atom. The Hall–Kier alpha value is -2.86. The summed E-state index contributed by atoms with van der Waals surface area (Å²) in [6, 6.07) is 16.0. The van der Waals surface area contributed by atoms with E-state index in [4.69, 9.17) is 14.5 Å². The second-order valence-corrected chi connectivity index (χ2v) is 6.63. The normalized spacial score (nSPS) is 16.4. The van der Waals surface area contributed by atoms with Crippen molar-refractivity contribution in [2.45, 2.75) is 25.5 Å². The number of hydrogen-bond acceptors (Lipinski definition) is 6. The third-order valence-electron chi connectivity index (χ3n) is 4.73. The maximum absolute atomic E-state index is 5.71. The molecule has 140 valence electrons. The molecule has 2 heterocycles. The summed E-state index contributed by atoms with van der Waals surface area (Å²) in [6.07, 6.45) is 2.49. The number of ether oxygens (including phenoxy) is 2. The van der Waals surface area contributed by atoms with Gasteiger partial charge in [-0.25, -0.2) is 4.98 Å². The molecule has 0 aliphatic carbocycles. The van der Waals surface area contributed by atoms with E-state index in [1.807, 2.05) is 48.5 Å². The van der Waals surface area contributed by atoms with Crippen LogP contribution in [-0.2, 0) is 11.3 Å². The summed E-state index contributed by atoms with van der Waals surface area (Å²) in [5.41, 5.74) is 2.06. The van der Waals surface area contributed by atoms with E-state index in [0.717, 1.165) is 54.0 Å².